The molecular formula is C12H17N3O5S. The molecule has 1 aromatic rings. The summed E-state index contributed by atoms with van der Waals surface area (Å²) in [5.41, 5.74) is 5.94. The topological polar surface area (TPSA) is 139 Å². The van der Waals surface area contributed by atoms with Gasteiger partial charge in [0, 0.05) is 19.3 Å². The molecule has 0 heterocycles. The molecule has 1 rings (SSSR count). The molecule has 0 aliphatic rings. The van der Waals surface area contributed by atoms with Crippen molar-refractivity contribution in [3.63, 3.8) is 0 Å². The van der Waals surface area contributed by atoms with E-state index in [1.807, 2.05) is 0 Å². The number of benzene rings is 1. The highest BCUT2D eigenvalue weighted by Crippen LogP contribution is 2.09. The molecule has 1 aromatic carbocycles. The van der Waals surface area contributed by atoms with Crippen molar-refractivity contribution in [2.75, 3.05) is 12.8 Å². The number of sulfone groups is 1. The van der Waals surface area contributed by atoms with Crippen LogP contribution in [0.5, 0.6) is 0 Å². The van der Waals surface area contributed by atoms with E-state index in [-0.39, 0.29) is 18.0 Å². The Labute approximate surface area is 122 Å². The van der Waals surface area contributed by atoms with Crippen molar-refractivity contribution in [3.8, 4) is 0 Å². The van der Waals surface area contributed by atoms with Gasteiger partial charge in [-0.1, -0.05) is 12.1 Å². The number of aliphatic carboxylic acids is 1. The Morgan fingerprint density at radius 1 is 1.24 bits per heavy atom. The van der Waals surface area contributed by atoms with Crippen LogP contribution in [0.4, 0.5) is 4.79 Å². The normalized spacial score (nSPS) is 12.5. The quantitative estimate of drug-likeness (QED) is 0.547. The Balaban J connectivity index is 2.45. The number of hydrogen-bond acceptors (Lipinski definition) is 5. The molecule has 0 saturated carbocycles. The summed E-state index contributed by atoms with van der Waals surface area (Å²) in [4.78, 5) is 22.1. The minimum absolute atomic E-state index is 0.179. The molecule has 0 aromatic heterocycles. The van der Waals surface area contributed by atoms with Crippen molar-refractivity contribution < 1.29 is 23.1 Å². The second-order valence-corrected chi connectivity index (χ2v) is 6.44. The first-order valence-electron chi connectivity index (χ1n) is 5.99. The van der Waals surface area contributed by atoms with Gasteiger partial charge in [-0.3, -0.25) is 4.79 Å². The molecule has 5 N–H and O–H groups in total. The fourth-order valence-electron chi connectivity index (χ4n) is 1.39. The lowest BCUT2D eigenvalue weighted by atomic mass is 10.2. The first-order chi connectivity index (χ1) is 9.70. The van der Waals surface area contributed by atoms with Crippen LogP contribution in [0.25, 0.3) is 0 Å². The van der Waals surface area contributed by atoms with E-state index in [1.165, 1.54) is 12.1 Å². The minimum Gasteiger partial charge on any atom is -0.480 e. The lowest BCUT2D eigenvalue weighted by Crippen LogP contribution is -2.45. The van der Waals surface area contributed by atoms with E-state index in [1.54, 1.807) is 12.1 Å². The Bertz CT molecular complexity index is 612. The van der Waals surface area contributed by atoms with Gasteiger partial charge in [-0.2, -0.15) is 0 Å². The zero-order valence-electron chi connectivity index (χ0n) is 11.4. The second-order valence-electron chi connectivity index (χ2n) is 4.42. The van der Waals surface area contributed by atoms with Gasteiger partial charge in [-0.25, -0.2) is 13.2 Å². The van der Waals surface area contributed by atoms with E-state index in [2.05, 4.69) is 10.6 Å². The van der Waals surface area contributed by atoms with E-state index in [4.69, 9.17) is 10.8 Å². The van der Waals surface area contributed by atoms with Gasteiger partial charge in [0.15, 0.2) is 9.84 Å². The van der Waals surface area contributed by atoms with Crippen LogP contribution < -0.4 is 16.4 Å². The van der Waals surface area contributed by atoms with Gasteiger partial charge >= 0.3 is 12.0 Å². The van der Waals surface area contributed by atoms with Crippen LogP contribution in [0.2, 0.25) is 0 Å². The van der Waals surface area contributed by atoms with Crippen LogP contribution in [0.3, 0.4) is 0 Å². The van der Waals surface area contributed by atoms with Gasteiger partial charge < -0.3 is 21.5 Å². The van der Waals surface area contributed by atoms with Crippen LogP contribution in [0.15, 0.2) is 29.2 Å². The van der Waals surface area contributed by atoms with Gasteiger partial charge in [0.05, 0.1) is 4.90 Å². The van der Waals surface area contributed by atoms with E-state index < -0.39 is 27.9 Å². The maximum atomic E-state index is 11.4. The molecule has 21 heavy (non-hydrogen) atoms. The number of carbonyl (C=O) groups is 2. The van der Waals surface area contributed by atoms with Gasteiger partial charge in [0.25, 0.3) is 0 Å². The van der Waals surface area contributed by atoms with Crippen LogP contribution >= 0.6 is 0 Å². The average molecular weight is 315 g/mol. The summed E-state index contributed by atoms with van der Waals surface area (Å²) in [5.74, 6) is -1.20. The molecule has 8 nitrogen and oxygen atoms in total. The third kappa shape index (κ3) is 5.79. The third-order valence-corrected chi connectivity index (χ3v) is 3.73. The predicted molar refractivity (Wildman–Crippen MR) is 75.4 cm³/mol. The Hall–Kier alpha value is -2.13. The molecule has 0 aliphatic heterocycles. The number of carboxylic acids is 1. The largest absolute Gasteiger partial charge is 0.480 e. The smallest absolute Gasteiger partial charge is 0.322 e. The van der Waals surface area contributed by atoms with E-state index in [0.717, 1.165) is 6.26 Å². The maximum Gasteiger partial charge on any atom is 0.322 e. The molecule has 0 aliphatic carbocycles. The number of rotatable bonds is 6. The standard InChI is InChI=1S/C12H17N3O5S/c1-21(19,20)9-4-2-8(3-5-9)6-14-12(18)15-7-10(13)11(16)17/h2-5,10H,6-7,13H2,1H3,(H,16,17)(H2,14,15,18). The summed E-state index contributed by atoms with van der Waals surface area (Å²) in [6, 6.07) is 4.35. The van der Waals surface area contributed by atoms with E-state index in [9.17, 15) is 18.0 Å². The van der Waals surface area contributed by atoms with Crippen molar-refractivity contribution in [2.45, 2.75) is 17.5 Å². The molecule has 1 unspecified atom stereocenters. The van der Waals surface area contributed by atoms with Crippen molar-refractivity contribution in [3.05, 3.63) is 29.8 Å². The summed E-state index contributed by atoms with van der Waals surface area (Å²) in [7, 11) is -3.25. The maximum absolute atomic E-state index is 11.4. The molecule has 1 atom stereocenters. The average Bonchev–Trinajstić information content (AvgIpc) is 2.41. The van der Waals surface area contributed by atoms with Gasteiger partial charge in [-0.05, 0) is 17.7 Å². The van der Waals surface area contributed by atoms with Crippen LogP contribution in [0.1, 0.15) is 5.56 Å². The number of urea groups is 1. The summed E-state index contributed by atoms with van der Waals surface area (Å²) >= 11 is 0. The van der Waals surface area contributed by atoms with E-state index >= 15 is 0 Å². The fraction of sp³-hybridized carbons (Fsp3) is 0.333. The molecule has 9 heteroatoms. The van der Waals surface area contributed by atoms with Gasteiger partial charge in [0.2, 0.25) is 0 Å². The lowest BCUT2D eigenvalue weighted by Gasteiger charge is -2.10. The summed E-state index contributed by atoms with van der Waals surface area (Å²) < 4.78 is 22.5. The molecule has 116 valence electrons. The first-order valence-corrected chi connectivity index (χ1v) is 7.88. The number of nitrogens with one attached hydrogen (secondary N) is 2. The Morgan fingerprint density at radius 2 is 1.81 bits per heavy atom. The van der Waals surface area contributed by atoms with Crippen molar-refractivity contribution in [1.29, 1.82) is 0 Å². The van der Waals surface area contributed by atoms with Crippen molar-refractivity contribution >= 4 is 21.8 Å². The first kappa shape index (κ1) is 16.9. The number of hydrogen-bond donors (Lipinski definition) is 4. The number of nitrogens with two attached hydrogens (primary N) is 1. The molecule has 0 radical (unpaired) electrons. The highest BCUT2D eigenvalue weighted by atomic mass is 32.2. The zero-order valence-corrected chi connectivity index (χ0v) is 12.2. The molecule has 0 bridgehead atoms. The Kier molecular flexibility index (Phi) is 5.68. The monoisotopic (exact) mass is 315 g/mol. The molecule has 0 fully saturated rings. The molecule has 0 saturated heterocycles. The Morgan fingerprint density at radius 3 is 2.29 bits per heavy atom. The number of amides is 2. The summed E-state index contributed by atoms with van der Waals surface area (Å²) in [6.07, 6.45) is 1.11. The molecule has 2 amide bonds. The molecule has 0 spiro atoms. The second kappa shape index (κ2) is 7.04. The fourth-order valence-corrected chi connectivity index (χ4v) is 2.02. The van der Waals surface area contributed by atoms with Crippen molar-refractivity contribution in [1.82, 2.24) is 10.6 Å². The minimum atomic E-state index is -3.25. The van der Waals surface area contributed by atoms with E-state index in [0.29, 0.717) is 5.56 Å². The summed E-state index contributed by atoms with van der Waals surface area (Å²) in [6.45, 7) is -0.00757. The highest BCUT2D eigenvalue weighted by Gasteiger charge is 2.12. The number of carboxylic acid groups (broad SMARTS) is 1. The van der Waals surface area contributed by atoms with Crippen molar-refractivity contribution in [2.24, 2.45) is 5.73 Å². The van der Waals surface area contributed by atoms with Crippen LogP contribution in [-0.2, 0) is 21.2 Å². The SMILES string of the molecule is CS(=O)(=O)c1ccc(CNC(=O)NCC(N)C(=O)O)cc1. The zero-order chi connectivity index (χ0) is 16.0. The van der Waals surface area contributed by atoms with Gasteiger partial charge in [0.1, 0.15) is 6.04 Å². The molecular weight excluding hydrogens is 298 g/mol. The van der Waals surface area contributed by atoms with Crippen LogP contribution in [0, 0.1) is 0 Å². The lowest BCUT2D eigenvalue weighted by molar-refractivity contribution is -0.138. The highest BCUT2D eigenvalue weighted by molar-refractivity contribution is 7.90. The third-order valence-electron chi connectivity index (χ3n) is 2.60. The number of carbonyl (C=O) groups excluding carboxylic acids is 1. The predicted octanol–water partition coefficient (Wildman–Crippen LogP) is -0.699. The van der Waals surface area contributed by atoms with Gasteiger partial charge in [-0.15, -0.1) is 0 Å². The van der Waals surface area contributed by atoms with Crippen LogP contribution in [-0.4, -0.2) is 44.4 Å². The summed E-state index contributed by atoms with van der Waals surface area (Å²) in [5, 5.41) is 13.4.